The van der Waals surface area contributed by atoms with Crippen molar-refractivity contribution in [3.8, 4) is 5.75 Å². The van der Waals surface area contributed by atoms with Crippen molar-refractivity contribution in [1.29, 1.82) is 0 Å². The van der Waals surface area contributed by atoms with E-state index in [0.717, 1.165) is 37.9 Å². The van der Waals surface area contributed by atoms with Crippen LogP contribution in [0.15, 0.2) is 12.1 Å². The van der Waals surface area contributed by atoms with E-state index in [4.69, 9.17) is 9.47 Å². The summed E-state index contributed by atoms with van der Waals surface area (Å²) in [4.78, 5) is 42.6. The largest absolute Gasteiger partial charge is 0.473 e. The van der Waals surface area contributed by atoms with Crippen LogP contribution < -0.4 is 20.3 Å². The molecule has 2 heterocycles. The minimum Gasteiger partial charge on any atom is -0.473 e. The van der Waals surface area contributed by atoms with Crippen molar-refractivity contribution < 1.29 is 23.9 Å². The zero-order valence-corrected chi connectivity index (χ0v) is 21.7. The fourth-order valence-corrected chi connectivity index (χ4v) is 4.84. The number of piperidine rings is 1. The van der Waals surface area contributed by atoms with Gasteiger partial charge in [-0.15, -0.1) is 0 Å². The van der Waals surface area contributed by atoms with Crippen LogP contribution >= 0.6 is 0 Å². The maximum atomic E-state index is 13.8. The smallest absolute Gasteiger partial charge is 0.273 e. The number of ether oxygens (including phenoxy) is 2. The van der Waals surface area contributed by atoms with Gasteiger partial charge in [-0.3, -0.25) is 14.4 Å². The number of amides is 3. The van der Waals surface area contributed by atoms with Gasteiger partial charge in [-0.1, -0.05) is 13.8 Å². The van der Waals surface area contributed by atoms with Crippen LogP contribution in [0, 0.1) is 6.92 Å². The molecule has 2 N–H and O–H groups in total. The zero-order chi connectivity index (χ0) is 25.6. The zero-order valence-electron chi connectivity index (χ0n) is 21.7. The van der Waals surface area contributed by atoms with Crippen LogP contribution in [-0.4, -0.2) is 80.7 Å². The maximum Gasteiger partial charge on any atom is 0.273 e. The predicted molar refractivity (Wildman–Crippen MR) is 135 cm³/mol. The molecular formula is C26H40N4O5. The first-order valence-corrected chi connectivity index (χ1v) is 12.7. The van der Waals surface area contributed by atoms with Crippen molar-refractivity contribution in [1.82, 2.24) is 15.5 Å². The van der Waals surface area contributed by atoms with Gasteiger partial charge < -0.3 is 29.9 Å². The highest BCUT2D eigenvalue weighted by Crippen LogP contribution is 2.40. The van der Waals surface area contributed by atoms with E-state index < -0.39 is 5.60 Å². The first kappa shape index (κ1) is 26.9. The average Bonchev–Trinajstić information content (AvgIpc) is 2.85. The quantitative estimate of drug-likeness (QED) is 0.524. The first-order valence-electron chi connectivity index (χ1n) is 12.7. The second kappa shape index (κ2) is 11.9. The van der Waals surface area contributed by atoms with Crippen LogP contribution in [0.1, 0.15) is 62.4 Å². The number of hydrogen-bond donors (Lipinski definition) is 2. The number of benzene rings is 1. The number of anilines is 1. The van der Waals surface area contributed by atoms with Crippen molar-refractivity contribution in [2.45, 2.75) is 65.0 Å². The van der Waals surface area contributed by atoms with Gasteiger partial charge in [-0.25, -0.2) is 0 Å². The molecule has 0 bridgehead atoms. The van der Waals surface area contributed by atoms with E-state index in [1.807, 2.05) is 17.9 Å². The summed E-state index contributed by atoms with van der Waals surface area (Å²) in [5, 5.41) is 6.23. The molecular weight excluding hydrogens is 448 g/mol. The second-order valence-corrected chi connectivity index (χ2v) is 9.56. The van der Waals surface area contributed by atoms with Crippen molar-refractivity contribution in [2.24, 2.45) is 0 Å². The van der Waals surface area contributed by atoms with Crippen LogP contribution in [0.3, 0.4) is 0 Å². The summed E-state index contributed by atoms with van der Waals surface area (Å²) >= 11 is 0. The average molecular weight is 489 g/mol. The van der Waals surface area contributed by atoms with Gasteiger partial charge in [0.1, 0.15) is 5.75 Å². The van der Waals surface area contributed by atoms with Crippen LogP contribution in [0.4, 0.5) is 5.69 Å². The molecule has 0 saturated carbocycles. The number of hydrogen-bond acceptors (Lipinski definition) is 6. The van der Waals surface area contributed by atoms with Gasteiger partial charge in [0.15, 0.2) is 0 Å². The summed E-state index contributed by atoms with van der Waals surface area (Å²) in [6, 6.07) is 3.76. The Morgan fingerprint density at radius 2 is 2.11 bits per heavy atom. The standard InChI is InChI=1S/C26H40N4O5/c1-6-12-29(19-9-8-10-27-16-19)24(32)20-15-21-22(14-18(20)3)35-26(4,17-34-5)25(33)30(21)13-11-28-23(31)7-2/h14-15,19,27H,6-13,16-17H2,1-5H3,(H,28,31)/t19-,26+/m1/s1. The van der Waals surface area contributed by atoms with Crippen molar-refractivity contribution in [2.75, 3.05) is 51.3 Å². The highest BCUT2D eigenvalue weighted by atomic mass is 16.5. The van der Waals surface area contributed by atoms with Crippen LogP contribution in [0.25, 0.3) is 0 Å². The molecule has 35 heavy (non-hydrogen) atoms. The molecule has 1 aromatic carbocycles. The lowest BCUT2D eigenvalue weighted by Crippen LogP contribution is -2.58. The molecule has 0 aliphatic carbocycles. The van der Waals surface area contributed by atoms with E-state index in [-0.39, 0.29) is 36.9 Å². The van der Waals surface area contributed by atoms with Crippen LogP contribution in [-0.2, 0) is 14.3 Å². The molecule has 9 nitrogen and oxygen atoms in total. The van der Waals surface area contributed by atoms with E-state index >= 15 is 0 Å². The molecule has 0 radical (unpaired) electrons. The third-order valence-corrected chi connectivity index (χ3v) is 6.70. The third-order valence-electron chi connectivity index (χ3n) is 6.70. The van der Waals surface area contributed by atoms with Gasteiger partial charge in [0.05, 0.1) is 12.3 Å². The molecule has 194 valence electrons. The summed E-state index contributed by atoms with van der Waals surface area (Å²) < 4.78 is 11.4. The highest BCUT2D eigenvalue weighted by Gasteiger charge is 2.45. The number of fused-ring (bicyclic) bond motifs is 1. The Kier molecular flexibility index (Phi) is 9.13. The van der Waals surface area contributed by atoms with E-state index in [1.165, 1.54) is 7.11 Å². The molecule has 2 aliphatic rings. The maximum absolute atomic E-state index is 13.8. The lowest BCUT2D eigenvalue weighted by Gasteiger charge is -2.41. The van der Waals surface area contributed by atoms with Gasteiger partial charge in [0, 0.05) is 51.3 Å². The minimum atomic E-state index is -1.20. The van der Waals surface area contributed by atoms with E-state index in [2.05, 4.69) is 17.6 Å². The Morgan fingerprint density at radius 1 is 1.34 bits per heavy atom. The molecule has 0 spiro atoms. The Labute approximate surface area is 208 Å². The monoisotopic (exact) mass is 488 g/mol. The van der Waals surface area contributed by atoms with Gasteiger partial charge in [0.2, 0.25) is 11.5 Å². The normalized spacial score (nSPS) is 21.8. The number of methoxy groups -OCH3 is 1. The van der Waals surface area contributed by atoms with E-state index in [1.54, 1.807) is 24.8 Å². The molecule has 0 unspecified atom stereocenters. The summed E-state index contributed by atoms with van der Waals surface area (Å²) in [7, 11) is 1.53. The number of rotatable bonds is 10. The van der Waals surface area contributed by atoms with E-state index in [0.29, 0.717) is 36.5 Å². The number of aryl methyl sites for hydroxylation is 1. The fraction of sp³-hybridized carbons (Fsp3) is 0.654. The first-order chi connectivity index (χ1) is 16.8. The van der Waals surface area contributed by atoms with Crippen LogP contribution in [0.2, 0.25) is 0 Å². The topological polar surface area (TPSA) is 100 Å². The number of nitrogens with one attached hydrogen (secondary N) is 2. The van der Waals surface area contributed by atoms with Crippen molar-refractivity contribution in [3.05, 3.63) is 23.3 Å². The SMILES string of the molecule is CCCN(C(=O)c1cc2c(cc1C)O[C@@](C)(COC)C(=O)N2CCNC(=O)CC)[C@@H]1CCCNC1. The molecule has 1 aromatic rings. The molecule has 1 fully saturated rings. The predicted octanol–water partition coefficient (Wildman–Crippen LogP) is 2.26. The Hall–Kier alpha value is -2.65. The third kappa shape index (κ3) is 5.95. The molecule has 0 aromatic heterocycles. The lowest BCUT2D eigenvalue weighted by molar-refractivity contribution is -0.138. The summed E-state index contributed by atoms with van der Waals surface area (Å²) in [6.45, 7) is 10.6. The molecule has 3 rings (SSSR count). The second-order valence-electron chi connectivity index (χ2n) is 9.56. The summed E-state index contributed by atoms with van der Waals surface area (Å²) in [5.74, 6) is 0.155. The van der Waals surface area contributed by atoms with Gasteiger partial charge in [-0.2, -0.15) is 0 Å². The van der Waals surface area contributed by atoms with Gasteiger partial charge >= 0.3 is 0 Å². The lowest BCUT2D eigenvalue weighted by atomic mass is 9.97. The molecule has 1 saturated heterocycles. The number of nitrogens with zero attached hydrogens (tertiary/aromatic N) is 2. The number of carbonyl (C=O) groups excluding carboxylic acids is 3. The summed E-state index contributed by atoms with van der Waals surface area (Å²) in [6.07, 6.45) is 3.25. The Balaban J connectivity index is 1.97. The van der Waals surface area contributed by atoms with Gasteiger partial charge in [0.25, 0.3) is 11.8 Å². The Bertz CT molecular complexity index is 931. The molecule has 3 amide bonds. The summed E-state index contributed by atoms with van der Waals surface area (Å²) in [5.41, 5.74) is 0.710. The number of carbonyl (C=O) groups is 3. The molecule has 9 heteroatoms. The van der Waals surface area contributed by atoms with Crippen molar-refractivity contribution in [3.63, 3.8) is 0 Å². The van der Waals surface area contributed by atoms with Crippen LogP contribution in [0.5, 0.6) is 5.75 Å². The molecule has 2 aliphatic heterocycles. The highest BCUT2D eigenvalue weighted by molar-refractivity contribution is 6.05. The Morgan fingerprint density at radius 3 is 2.74 bits per heavy atom. The molecule has 2 atom stereocenters. The van der Waals surface area contributed by atoms with Crippen molar-refractivity contribution >= 4 is 23.4 Å². The fourth-order valence-electron chi connectivity index (χ4n) is 4.84. The van der Waals surface area contributed by atoms with E-state index in [9.17, 15) is 14.4 Å². The minimum absolute atomic E-state index is 0.0299. The van der Waals surface area contributed by atoms with Gasteiger partial charge in [-0.05, 0) is 57.4 Å².